The summed E-state index contributed by atoms with van der Waals surface area (Å²) in [6.07, 6.45) is 1.68. The van der Waals surface area contributed by atoms with E-state index in [9.17, 15) is 14.7 Å². The van der Waals surface area contributed by atoms with Gasteiger partial charge in [0.15, 0.2) is 5.76 Å². The van der Waals surface area contributed by atoms with E-state index in [4.69, 9.17) is 4.42 Å². The average Bonchev–Trinajstić information content (AvgIpc) is 2.68. The van der Waals surface area contributed by atoms with Gasteiger partial charge in [0.25, 0.3) is 5.91 Å². The van der Waals surface area contributed by atoms with Crippen LogP contribution in [0.2, 0.25) is 0 Å². The molecule has 0 saturated carbocycles. The molecule has 16 heavy (non-hydrogen) atoms. The molecule has 1 aromatic heterocycles. The molecule has 1 N–H and O–H groups in total. The lowest BCUT2D eigenvalue weighted by Gasteiger charge is -2.20. The molecule has 5 nitrogen and oxygen atoms in total. The first-order valence-electron chi connectivity index (χ1n) is 5.06. The van der Waals surface area contributed by atoms with Gasteiger partial charge >= 0.3 is 0 Å². The highest BCUT2D eigenvalue weighted by Gasteiger charge is 2.17. The second kappa shape index (κ2) is 5.34. The summed E-state index contributed by atoms with van der Waals surface area (Å²) in [5.41, 5.74) is 0. The van der Waals surface area contributed by atoms with Crippen LogP contribution in [0.1, 0.15) is 30.8 Å². The molecule has 0 bridgehead atoms. The van der Waals surface area contributed by atoms with E-state index in [2.05, 4.69) is 5.32 Å². The van der Waals surface area contributed by atoms with Gasteiger partial charge < -0.3 is 19.6 Å². The van der Waals surface area contributed by atoms with E-state index < -0.39 is 17.9 Å². The summed E-state index contributed by atoms with van der Waals surface area (Å²) in [6.45, 7) is 3.74. The molecule has 1 aromatic rings. The quantitative estimate of drug-likeness (QED) is 0.773. The van der Waals surface area contributed by atoms with Crippen LogP contribution in [0.5, 0.6) is 0 Å². The number of rotatable bonds is 5. The van der Waals surface area contributed by atoms with Gasteiger partial charge in [0.1, 0.15) is 0 Å². The van der Waals surface area contributed by atoms with E-state index in [1.54, 1.807) is 6.07 Å². The Morgan fingerprint density at radius 3 is 2.62 bits per heavy atom. The number of carboxylic acid groups (broad SMARTS) is 1. The highest BCUT2D eigenvalue weighted by molar-refractivity contribution is 5.93. The summed E-state index contributed by atoms with van der Waals surface area (Å²) in [5.74, 6) is -1.58. The van der Waals surface area contributed by atoms with Crippen molar-refractivity contribution in [3.63, 3.8) is 0 Å². The molecule has 0 saturated heterocycles. The summed E-state index contributed by atoms with van der Waals surface area (Å²) < 4.78 is 4.86. The fourth-order valence-corrected chi connectivity index (χ4v) is 1.32. The lowest BCUT2D eigenvalue weighted by Crippen LogP contribution is -2.48. The molecule has 1 rings (SSSR count). The second-order valence-corrected chi connectivity index (χ2v) is 3.95. The first-order chi connectivity index (χ1) is 7.50. The van der Waals surface area contributed by atoms with Crippen molar-refractivity contribution in [1.29, 1.82) is 0 Å². The van der Waals surface area contributed by atoms with Gasteiger partial charge in [0.2, 0.25) is 0 Å². The third kappa shape index (κ3) is 3.42. The second-order valence-electron chi connectivity index (χ2n) is 3.95. The molecule has 1 atom stereocenters. The molecular weight excluding hydrogens is 210 g/mol. The molecule has 0 unspecified atom stereocenters. The lowest BCUT2D eigenvalue weighted by atomic mass is 10.0. The van der Waals surface area contributed by atoms with Crippen LogP contribution in [0.25, 0.3) is 0 Å². The minimum absolute atomic E-state index is 0.0926. The van der Waals surface area contributed by atoms with Crippen molar-refractivity contribution >= 4 is 11.9 Å². The number of aliphatic carboxylic acids is 1. The summed E-state index contributed by atoms with van der Waals surface area (Å²) in [6, 6.07) is 2.04. The van der Waals surface area contributed by atoms with E-state index in [1.165, 1.54) is 12.3 Å². The molecule has 1 amide bonds. The molecule has 1 heterocycles. The van der Waals surface area contributed by atoms with Gasteiger partial charge in [-0.3, -0.25) is 4.79 Å². The van der Waals surface area contributed by atoms with Crippen molar-refractivity contribution in [1.82, 2.24) is 5.32 Å². The van der Waals surface area contributed by atoms with Crippen LogP contribution in [0.3, 0.4) is 0 Å². The SMILES string of the molecule is CC(C)C[C@@H](NC(=O)c1ccco1)C(=O)[O-]. The van der Waals surface area contributed by atoms with Crippen molar-refractivity contribution in [3.8, 4) is 0 Å². The molecule has 0 aliphatic carbocycles. The Balaban J connectivity index is 2.62. The predicted octanol–water partition coefficient (Wildman–Crippen LogP) is 0.174. The predicted molar refractivity (Wildman–Crippen MR) is 54.4 cm³/mol. The van der Waals surface area contributed by atoms with E-state index >= 15 is 0 Å². The Hall–Kier alpha value is -1.78. The van der Waals surface area contributed by atoms with Crippen molar-refractivity contribution in [2.45, 2.75) is 26.3 Å². The van der Waals surface area contributed by atoms with Crippen molar-refractivity contribution in [3.05, 3.63) is 24.2 Å². The molecule has 0 fully saturated rings. The Kier molecular flexibility index (Phi) is 4.10. The summed E-state index contributed by atoms with van der Waals surface area (Å²) in [4.78, 5) is 22.3. The van der Waals surface area contributed by atoms with E-state index in [-0.39, 0.29) is 11.7 Å². The van der Waals surface area contributed by atoms with Gasteiger partial charge in [0, 0.05) is 0 Å². The van der Waals surface area contributed by atoms with E-state index in [0.717, 1.165) is 0 Å². The van der Waals surface area contributed by atoms with Gasteiger partial charge in [-0.25, -0.2) is 0 Å². The maximum Gasteiger partial charge on any atom is 0.287 e. The third-order valence-corrected chi connectivity index (χ3v) is 2.04. The largest absolute Gasteiger partial charge is 0.548 e. The molecule has 0 aliphatic rings. The third-order valence-electron chi connectivity index (χ3n) is 2.04. The Morgan fingerprint density at radius 2 is 2.19 bits per heavy atom. The van der Waals surface area contributed by atoms with Crippen LogP contribution in [-0.4, -0.2) is 17.9 Å². The van der Waals surface area contributed by atoms with Gasteiger partial charge in [-0.15, -0.1) is 0 Å². The van der Waals surface area contributed by atoms with Crippen LogP contribution < -0.4 is 10.4 Å². The van der Waals surface area contributed by atoms with Gasteiger partial charge in [-0.05, 0) is 24.5 Å². The molecule has 0 aliphatic heterocycles. The zero-order valence-electron chi connectivity index (χ0n) is 9.23. The Morgan fingerprint density at radius 1 is 1.50 bits per heavy atom. The number of carboxylic acids is 1. The average molecular weight is 224 g/mol. The van der Waals surface area contributed by atoms with Crippen LogP contribution >= 0.6 is 0 Å². The Bertz CT molecular complexity index is 356. The number of carbonyl (C=O) groups is 2. The van der Waals surface area contributed by atoms with Gasteiger partial charge in [-0.1, -0.05) is 13.8 Å². The standard InChI is InChI=1S/C11H15NO4/c1-7(2)6-8(11(14)15)12-10(13)9-4-3-5-16-9/h3-5,7-8H,6H2,1-2H3,(H,12,13)(H,14,15)/p-1/t8-/m1/s1. The molecular formula is C11H14NO4-. The maximum absolute atomic E-state index is 11.5. The number of carbonyl (C=O) groups excluding carboxylic acids is 2. The first kappa shape index (κ1) is 12.3. The van der Waals surface area contributed by atoms with Crippen molar-refractivity contribution in [2.24, 2.45) is 5.92 Å². The van der Waals surface area contributed by atoms with E-state index in [1.807, 2.05) is 13.8 Å². The van der Waals surface area contributed by atoms with Crippen LogP contribution in [0.15, 0.2) is 22.8 Å². The molecule has 0 radical (unpaired) electrons. The van der Waals surface area contributed by atoms with Crippen molar-refractivity contribution < 1.29 is 19.1 Å². The summed E-state index contributed by atoms with van der Waals surface area (Å²) in [5, 5.41) is 13.1. The molecule has 88 valence electrons. The van der Waals surface area contributed by atoms with Gasteiger partial charge in [0.05, 0.1) is 18.3 Å². The van der Waals surface area contributed by atoms with Crippen LogP contribution in [-0.2, 0) is 4.79 Å². The highest BCUT2D eigenvalue weighted by atomic mass is 16.4. The number of nitrogens with one attached hydrogen (secondary N) is 1. The maximum atomic E-state index is 11.5. The zero-order chi connectivity index (χ0) is 12.1. The molecule has 0 aromatic carbocycles. The van der Waals surface area contributed by atoms with E-state index in [0.29, 0.717) is 6.42 Å². The highest BCUT2D eigenvalue weighted by Crippen LogP contribution is 2.06. The summed E-state index contributed by atoms with van der Waals surface area (Å²) >= 11 is 0. The minimum atomic E-state index is -1.28. The smallest absolute Gasteiger partial charge is 0.287 e. The topological polar surface area (TPSA) is 82.4 Å². The number of hydrogen-bond donors (Lipinski definition) is 1. The zero-order valence-corrected chi connectivity index (χ0v) is 9.23. The minimum Gasteiger partial charge on any atom is -0.548 e. The fraction of sp³-hybridized carbons (Fsp3) is 0.455. The monoisotopic (exact) mass is 224 g/mol. The molecule has 0 spiro atoms. The molecule has 5 heteroatoms. The van der Waals surface area contributed by atoms with Gasteiger partial charge in [-0.2, -0.15) is 0 Å². The number of amides is 1. The number of furan rings is 1. The lowest BCUT2D eigenvalue weighted by molar-refractivity contribution is -0.308. The van der Waals surface area contributed by atoms with Crippen LogP contribution in [0, 0.1) is 5.92 Å². The normalized spacial score (nSPS) is 12.4. The van der Waals surface area contributed by atoms with Crippen molar-refractivity contribution in [2.75, 3.05) is 0 Å². The van der Waals surface area contributed by atoms with Crippen LogP contribution in [0.4, 0.5) is 0 Å². The Labute approximate surface area is 93.4 Å². The fourth-order valence-electron chi connectivity index (χ4n) is 1.32. The first-order valence-corrected chi connectivity index (χ1v) is 5.06. The number of hydrogen-bond acceptors (Lipinski definition) is 4. The summed E-state index contributed by atoms with van der Waals surface area (Å²) in [7, 11) is 0.